The minimum atomic E-state index is 0.555. The van der Waals surface area contributed by atoms with Crippen molar-refractivity contribution in [1.29, 1.82) is 0 Å². The van der Waals surface area contributed by atoms with Gasteiger partial charge >= 0.3 is 0 Å². The molecule has 1 atom stereocenters. The number of nitrogens with one attached hydrogen (secondary N) is 1. The summed E-state index contributed by atoms with van der Waals surface area (Å²) in [4.78, 5) is 6.97. The van der Waals surface area contributed by atoms with Gasteiger partial charge in [0.1, 0.15) is 0 Å². The van der Waals surface area contributed by atoms with Gasteiger partial charge in [-0.25, -0.2) is 4.98 Å². The number of aromatic nitrogens is 1. The summed E-state index contributed by atoms with van der Waals surface area (Å²) in [6, 6.07) is 1.15. The second-order valence-corrected chi connectivity index (χ2v) is 6.34. The average molecular weight is 269 g/mol. The summed E-state index contributed by atoms with van der Waals surface area (Å²) < 4.78 is 0. The SMILES string of the molecule is CCCC(CNC(C)C)N(C)Cc1csc(C)n1. The fourth-order valence-corrected chi connectivity index (χ4v) is 2.65. The zero-order valence-electron chi connectivity index (χ0n) is 12.4. The van der Waals surface area contributed by atoms with Crippen molar-refractivity contribution in [2.45, 2.75) is 59.2 Å². The predicted octanol–water partition coefficient (Wildman–Crippen LogP) is 3.05. The highest BCUT2D eigenvalue weighted by molar-refractivity contribution is 7.09. The normalized spacial score (nSPS) is 13.5. The van der Waals surface area contributed by atoms with Crippen LogP contribution in [0.25, 0.3) is 0 Å². The molecule has 0 fully saturated rings. The summed E-state index contributed by atoms with van der Waals surface area (Å²) in [7, 11) is 2.21. The van der Waals surface area contributed by atoms with Crippen LogP contribution in [0.4, 0.5) is 0 Å². The molecule has 0 aliphatic carbocycles. The van der Waals surface area contributed by atoms with E-state index in [0.717, 1.165) is 18.1 Å². The van der Waals surface area contributed by atoms with E-state index in [2.05, 4.69) is 55.3 Å². The van der Waals surface area contributed by atoms with E-state index in [1.807, 2.05) is 0 Å². The minimum Gasteiger partial charge on any atom is -0.313 e. The van der Waals surface area contributed by atoms with Crippen molar-refractivity contribution >= 4 is 11.3 Å². The van der Waals surface area contributed by atoms with Crippen LogP contribution in [0.15, 0.2) is 5.38 Å². The maximum Gasteiger partial charge on any atom is 0.0897 e. The number of likely N-dealkylation sites (N-methyl/N-ethyl adjacent to an activating group) is 1. The van der Waals surface area contributed by atoms with Crippen molar-refractivity contribution in [3.63, 3.8) is 0 Å². The fourth-order valence-electron chi connectivity index (χ4n) is 2.05. The van der Waals surface area contributed by atoms with E-state index in [1.54, 1.807) is 11.3 Å². The maximum absolute atomic E-state index is 4.54. The van der Waals surface area contributed by atoms with Crippen LogP contribution in [-0.4, -0.2) is 35.6 Å². The first-order chi connectivity index (χ1) is 8.52. The number of nitrogens with zero attached hydrogens (tertiary/aromatic N) is 2. The topological polar surface area (TPSA) is 28.2 Å². The van der Waals surface area contributed by atoms with Crippen LogP contribution in [0.2, 0.25) is 0 Å². The lowest BCUT2D eigenvalue weighted by molar-refractivity contribution is 0.210. The first kappa shape index (κ1) is 15.6. The Balaban J connectivity index is 2.50. The summed E-state index contributed by atoms with van der Waals surface area (Å²) in [6.07, 6.45) is 2.46. The van der Waals surface area contributed by atoms with Crippen molar-refractivity contribution < 1.29 is 0 Å². The monoisotopic (exact) mass is 269 g/mol. The molecule has 18 heavy (non-hydrogen) atoms. The van der Waals surface area contributed by atoms with Gasteiger partial charge in [0.15, 0.2) is 0 Å². The third-order valence-corrected chi connectivity index (χ3v) is 3.91. The van der Waals surface area contributed by atoms with E-state index in [9.17, 15) is 0 Å². The molecule has 1 aromatic heterocycles. The number of hydrogen-bond acceptors (Lipinski definition) is 4. The van der Waals surface area contributed by atoms with E-state index in [0.29, 0.717) is 12.1 Å². The lowest BCUT2D eigenvalue weighted by atomic mass is 10.1. The smallest absolute Gasteiger partial charge is 0.0897 e. The number of rotatable bonds is 8. The van der Waals surface area contributed by atoms with E-state index >= 15 is 0 Å². The summed E-state index contributed by atoms with van der Waals surface area (Å²) in [5, 5.41) is 6.87. The summed E-state index contributed by atoms with van der Waals surface area (Å²) in [6.45, 7) is 10.7. The van der Waals surface area contributed by atoms with Crippen molar-refractivity contribution in [3.8, 4) is 0 Å². The van der Waals surface area contributed by atoms with Gasteiger partial charge in [0.05, 0.1) is 10.7 Å². The first-order valence-corrected chi connectivity index (χ1v) is 7.75. The number of hydrogen-bond donors (Lipinski definition) is 1. The predicted molar refractivity (Wildman–Crippen MR) is 80.2 cm³/mol. The van der Waals surface area contributed by atoms with Crippen LogP contribution < -0.4 is 5.32 Å². The van der Waals surface area contributed by atoms with E-state index in [-0.39, 0.29) is 0 Å². The molecule has 0 saturated heterocycles. The van der Waals surface area contributed by atoms with Gasteiger partial charge < -0.3 is 5.32 Å². The Morgan fingerprint density at radius 1 is 1.44 bits per heavy atom. The van der Waals surface area contributed by atoms with Crippen LogP contribution in [-0.2, 0) is 6.54 Å². The largest absolute Gasteiger partial charge is 0.313 e. The highest BCUT2D eigenvalue weighted by atomic mass is 32.1. The highest BCUT2D eigenvalue weighted by Crippen LogP contribution is 2.13. The molecule has 0 bridgehead atoms. The van der Waals surface area contributed by atoms with Crippen LogP contribution in [0.3, 0.4) is 0 Å². The third-order valence-electron chi connectivity index (χ3n) is 3.08. The third kappa shape index (κ3) is 5.46. The van der Waals surface area contributed by atoms with Crippen LogP contribution in [0.1, 0.15) is 44.3 Å². The minimum absolute atomic E-state index is 0.555. The molecule has 0 amide bonds. The molecule has 1 aromatic rings. The molecule has 0 aromatic carbocycles. The van der Waals surface area contributed by atoms with E-state index in [1.165, 1.54) is 18.5 Å². The Bertz CT molecular complexity index is 336. The molecule has 3 nitrogen and oxygen atoms in total. The van der Waals surface area contributed by atoms with Gasteiger partial charge in [-0.1, -0.05) is 27.2 Å². The fraction of sp³-hybridized carbons (Fsp3) is 0.786. The summed E-state index contributed by atoms with van der Waals surface area (Å²) in [5.41, 5.74) is 1.20. The molecule has 0 aliphatic rings. The Morgan fingerprint density at radius 3 is 2.67 bits per heavy atom. The lowest BCUT2D eigenvalue weighted by Crippen LogP contribution is -2.41. The zero-order valence-corrected chi connectivity index (χ0v) is 13.2. The van der Waals surface area contributed by atoms with Gasteiger partial charge in [0, 0.05) is 30.6 Å². The molecule has 104 valence electrons. The molecular formula is C14H27N3S. The molecule has 0 aliphatic heterocycles. The van der Waals surface area contributed by atoms with Crippen LogP contribution in [0, 0.1) is 6.92 Å². The number of aryl methyl sites for hydroxylation is 1. The van der Waals surface area contributed by atoms with Gasteiger partial charge in [0.25, 0.3) is 0 Å². The zero-order chi connectivity index (χ0) is 13.5. The quantitative estimate of drug-likeness (QED) is 0.786. The second kappa shape index (κ2) is 7.87. The molecule has 1 unspecified atom stereocenters. The van der Waals surface area contributed by atoms with Crippen LogP contribution in [0.5, 0.6) is 0 Å². The highest BCUT2D eigenvalue weighted by Gasteiger charge is 2.15. The molecule has 1 rings (SSSR count). The van der Waals surface area contributed by atoms with Crippen molar-refractivity contribution in [1.82, 2.24) is 15.2 Å². The molecule has 0 spiro atoms. The Labute approximate surface area is 116 Å². The van der Waals surface area contributed by atoms with Crippen molar-refractivity contribution in [2.75, 3.05) is 13.6 Å². The Kier molecular flexibility index (Phi) is 6.82. The summed E-state index contributed by atoms with van der Waals surface area (Å²) in [5.74, 6) is 0. The molecule has 0 saturated carbocycles. The second-order valence-electron chi connectivity index (χ2n) is 5.28. The lowest BCUT2D eigenvalue weighted by Gasteiger charge is -2.28. The van der Waals surface area contributed by atoms with Gasteiger partial charge in [0.2, 0.25) is 0 Å². The van der Waals surface area contributed by atoms with Gasteiger partial charge in [-0.3, -0.25) is 4.90 Å². The average Bonchev–Trinajstić information content (AvgIpc) is 2.69. The summed E-state index contributed by atoms with van der Waals surface area (Å²) >= 11 is 1.74. The molecule has 4 heteroatoms. The molecule has 1 N–H and O–H groups in total. The standard InChI is InChI=1S/C14H27N3S/c1-6-7-14(8-15-11(2)3)17(5)9-13-10-18-12(4)16-13/h10-11,14-15H,6-9H2,1-5H3. The first-order valence-electron chi connectivity index (χ1n) is 6.87. The molecule has 0 radical (unpaired) electrons. The van der Waals surface area contributed by atoms with Gasteiger partial charge in [-0.2, -0.15) is 0 Å². The molecule has 1 heterocycles. The Hall–Kier alpha value is -0.450. The van der Waals surface area contributed by atoms with Crippen molar-refractivity contribution in [3.05, 3.63) is 16.1 Å². The van der Waals surface area contributed by atoms with E-state index in [4.69, 9.17) is 0 Å². The molecular weight excluding hydrogens is 242 g/mol. The Morgan fingerprint density at radius 2 is 2.17 bits per heavy atom. The van der Waals surface area contributed by atoms with Gasteiger partial charge in [-0.05, 0) is 20.4 Å². The van der Waals surface area contributed by atoms with E-state index < -0.39 is 0 Å². The maximum atomic E-state index is 4.54. The van der Waals surface area contributed by atoms with Gasteiger partial charge in [-0.15, -0.1) is 11.3 Å². The number of thiazole rings is 1. The van der Waals surface area contributed by atoms with Crippen LogP contribution >= 0.6 is 11.3 Å². The van der Waals surface area contributed by atoms with Crippen molar-refractivity contribution in [2.24, 2.45) is 0 Å².